The fourth-order valence-corrected chi connectivity index (χ4v) is 4.52. The van der Waals surface area contributed by atoms with Gasteiger partial charge in [0.05, 0.1) is 39.9 Å². The highest BCUT2D eigenvalue weighted by Crippen LogP contribution is 2.43. The number of nitrogens with one attached hydrogen (secondary N) is 1. The van der Waals surface area contributed by atoms with Crippen LogP contribution in [0, 0.1) is 0 Å². The Hall–Kier alpha value is -1.54. The van der Waals surface area contributed by atoms with Crippen LogP contribution in [0.15, 0.2) is 48.6 Å². The van der Waals surface area contributed by atoms with Crippen LogP contribution in [-0.4, -0.2) is 73.4 Å². The van der Waals surface area contributed by atoms with Gasteiger partial charge in [-0.05, 0) is 58.3 Å². The number of amides is 1. The van der Waals surface area contributed by atoms with E-state index < -0.39 is 20.0 Å². The van der Waals surface area contributed by atoms with Crippen molar-refractivity contribution < 1.29 is 32.9 Å². The van der Waals surface area contributed by atoms with Gasteiger partial charge in [-0.15, -0.1) is 0 Å². The number of allylic oxidation sites excluding steroid dienone is 7. The quantitative estimate of drug-likeness (QED) is 0.0428. The highest BCUT2D eigenvalue weighted by molar-refractivity contribution is 7.47. The molecule has 1 amide bonds. The standard InChI is InChI=1S/C32H59N2O6P/c1-6-8-10-12-14-16-18-20-22-24-26-32(36)33-30(29-40-41(37,38)39-28-27-34(3,4)5)31(35)25-23-21-19-17-15-13-11-9-7-2/h7,9-10,12,15,17,23,25,30-31,35H,6,8,11,13-14,16,18-22,24,26-29H2,1-5H3,(H-,33,36,37,38)/p+1/b9-7+,12-10-,17-15+,25-23+. The molecule has 9 heteroatoms. The Labute approximate surface area is 250 Å². The Morgan fingerprint density at radius 1 is 0.854 bits per heavy atom. The Morgan fingerprint density at radius 2 is 1.44 bits per heavy atom. The van der Waals surface area contributed by atoms with Gasteiger partial charge < -0.3 is 19.8 Å². The number of nitrogens with zero attached hydrogens (tertiary/aromatic N) is 1. The zero-order chi connectivity index (χ0) is 30.8. The summed E-state index contributed by atoms with van der Waals surface area (Å²) in [6, 6.07) is -0.868. The predicted octanol–water partition coefficient (Wildman–Crippen LogP) is 7.01. The number of unbranched alkanes of at least 4 members (excludes halogenated alkanes) is 8. The molecule has 0 aromatic rings. The van der Waals surface area contributed by atoms with Gasteiger partial charge in [-0.1, -0.05) is 81.2 Å². The highest BCUT2D eigenvalue weighted by Gasteiger charge is 2.27. The topological polar surface area (TPSA) is 105 Å². The van der Waals surface area contributed by atoms with Crippen molar-refractivity contribution in [3.63, 3.8) is 0 Å². The molecule has 0 radical (unpaired) electrons. The number of hydrogen-bond acceptors (Lipinski definition) is 5. The molecule has 0 bridgehead atoms. The van der Waals surface area contributed by atoms with Crippen molar-refractivity contribution in [3.05, 3.63) is 48.6 Å². The van der Waals surface area contributed by atoms with E-state index in [4.69, 9.17) is 9.05 Å². The summed E-state index contributed by atoms with van der Waals surface area (Å²) in [5.41, 5.74) is 0. The molecule has 0 saturated carbocycles. The summed E-state index contributed by atoms with van der Waals surface area (Å²) in [5.74, 6) is -0.212. The van der Waals surface area contributed by atoms with Crippen LogP contribution >= 0.6 is 7.82 Å². The van der Waals surface area contributed by atoms with Crippen molar-refractivity contribution in [2.45, 2.75) is 109 Å². The first-order chi connectivity index (χ1) is 19.5. The van der Waals surface area contributed by atoms with Crippen molar-refractivity contribution in [1.82, 2.24) is 5.32 Å². The number of hydrogen-bond donors (Lipinski definition) is 3. The van der Waals surface area contributed by atoms with Crippen LogP contribution in [0.3, 0.4) is 0 Å². The SMILES string of the molecule is C/C=C/CC/C=C/CC/C=C/C(O)C(COP(=O)(O)OCC[N+](C)(C)C)NC(=O)CCCCCCC/C=C\CCC. The number of likely N-dealkylation sites (N-methyl/N-ethyl adjacent to an activating group) is 1. The second kappa shape index (κ2) is 25.0. The van der Waals surface area contributed by atoms with Crippen LogP contribution in [0.1, 0.15) is 97.3 Å². The molecule has 0 aromatic heterocycles. The molecule has 0 fully saturated rings. The normalized spacial score (nSPS) is 15.8. The van der Waals surface area contributed by atoms with Crippen LogP contribution in [0.5, 0.6) is 0 Å². The fourth-order valence-electron chi connectivity index (χ4n) is 3.78. The third-order valence-electron chi connectivity index (χ3n) is 6.32. The van der Waals surface area contributed by atoms with Crippen molar-refractivity contribution in [2.75, 3.05) is 40.9 Å². The average Bonchev–Trinajstić information content (AvgIpc) is 2.90. The minimum absolute atomic E-state index is 0.0496. The maximum absolute atomic E-state index is 12.6. The van der Waals surface area contributed by atoms with Crippen molar-refractivity contribution >= 4 is 13.7 Å². The Morgan fingerprint density at radius 3 is 2.10 bits per heavy atom. The van der Waals surface area contributed by atoms with Gasteiger partial charge >= 0.3 is 7.82 Å². The van der Waals surface area contributed by atoms with Crippen molar-refractivity contribution in [1.29, 1.82) is 0 Å². The first kappa shape index (κ1) is 39.5. The van der Waals surface area contributed by atoms with E-state index >= 15 is 0 Å². The first-order valence-corrected chi connectivity index (χ1v) is 17.0. The minimum Gasteiger partial charge on any atom is -0.387 e. The molecule has 3 atom stereocenters. The van der Waals surface area contributed by atoms with E-state index in [9.17, 15) is 19.4 Å². The summed E-state index contributed by atoms with van der Waals surface area (Å²) >= 11 is 0. The van der Waals surface area contributed by atoms with Gasteiger partial charge in [0, 0.05) is 6.42 Å². The molecule has 0 spiro atoms. The molecule has 3 unspecified atom stereocenters. The number of aliphatic hydroxyl groups is 1. The molecule has 0 aliphatic rings. The number of phosphoric acid groups is 1. The van der Waals surface area contributed by atoms with Gasteiger partial charge in [-0.25, -0.2) is 4.57 Å². The maximum atomic E-state index is 12.6. The fraction of sp³-hybridized carbons (Fsp3) is 0.719. The molecule has 0 rings (SSSR count). The van der Waals surface area contributed by atoms with Gasteiger partial charge in [-0.3, -0.25) is 13.8 Å². The number of phosphoric ester groups is 1. The van der Waals surface area contributed by atoms with Crippen molar-refractivity contribution in [3.8, 4) is 0 Å². The number of rotatable bonds is 26. The lowest BCUT2D eigenvalue weighted by molar-refractivity contribution is -0.870. The Balaban J connectivity index is 4.75. The summed E-state index contributed by atoms with van der Waals surface area (Å²) < 4.78 is 23.2. The van der Waals surface area contributed by atoms with E-state index in [1.807, 2.05) is 40.2 Å². The Kier molecular flexibility index (Phi) is 24.1. The van der Waals surface area contributed by atoms with Crippen molar-refractivity contribution in [2.24, 2.45) is 0 Å². The molecule has 0 aliphatic carbocycles. The van der Waals surface area contributed by atoms with E-state index in [1.54, 1.807) is 6.08 Å². The third kappa shape index (κ3) is 27.1. The molecule has 0 heterocycles. The van der Waals surface area contributed by atoms with E-state index in [0.717, 1.165) is 70.6 Å². The van der Waals surface area contributed by atoms with Crippen LogP contribution < -0.4 is 5.32 Å². The summed E-state index contributed by atoms with van der Waals surface area (Å²) in [6.07, 6.45) is 27.8. The zero-order valence-electron chi connectivity index (χ0n) is 26.5. The molecule has 41 heavy (non-hydrogen) atoms. The monoisotopic (exact) mass is 599 g/mol. The summed E-state index contributed by atoms with van der Waals surface area (Å²) in [7, 11) is 1.52. The van der Waals surface area contributed by atoms with Crippen LogP contribution in [-0.2, 0) is 18.4 Å². The second-order valence-corrected chi connectivity index (χ2v) is 12.9. The minimum atomic E-state index is -4.33. The molecular formula is C32H60N2O6P+. The Bertz CT molecular complexity index is 819. The number of carbonyl (C=O) groups is 1. The lowest BCUT2D eigenvalue weighted by Crippen LogP contribution is -2.45. The lowest BCUT2D eigenvalue weighted by Gasteiger charge is -2.25. The smallest absolute Gasteiger partial charge is 0.387 e. The lowest BCUT2D eigenvalue weighted by atomic mass is 10.1. The van der Waals surface area contributed by atoms with E-state index in [0.29, 0.717) is 17.4 Å². The predicted molar refractivity (Wildman–Crippen MR) is 170 cm³/mol. The molecule has 0 saturated heterocycles. The van der Waals surface area contributed by atoms with Crippen LogP contribution in [0.2, 0.25) is 0 Å². The van der Waals surface area contributed by atoms with Gasteiger partial charge in [-0.2, -0.15) is 0 Å². The second-order valence-electron chi connectivity index (χ2n) is 11.5. The highest BCUT2D eigenvalue weighted by atomic mass is 31.2. The molecule has 8 nitrogen and oxygen atoms in total. The van der Waals surface area contributed by atoms with Gasteiger partial charge in [0.15, 0.2) is 0 Å². The molecule has 0 aromatic carbocycles. The zero-order valence-corrected chi connectivity index (χ0v) is 27.4. The first-order valence-electron chi connectivity index (χ1n) is 15.5. The van der Waals surface area contributed by atoms with E-state index in [-0.39, 0.29) is 19.1 Å². The van der Waals surface area contributed by atoms with E-state index in [1.165, 1.54) is 6.42 Å². The maximum Gasteiger partial charge on any atom is 0.472 e. The van der Waals surface area contributed by atoms with Crippen LogP contribution in [0.25, 0.3) is 0 Å². The van der Waals surface area contributed by atoms with Crippen LogP contribution in [0.4, 0.5) is 0 Å². The van der Waals surface area contributed by atoms with Gasteiger partial charge in [0.1, 0.15) is 13.2 Å². The van der Waals surface area contributed by atoms with Gasteiger partial charge in [0.2, 0.25) is 5.91 Å². The average molecular weight is 600 g/mol. The molecular weight excluding hydrogens is 539 g/mol. The van der Waals surface area contributed by atoms with E-state index in [2.05, 4.69) is 42.6 Å². The number of carbonyl (C=O) groups excluding carboxylic acids is 1. The summed E-state index contributed by atoms with van der Waals surface area (Å²) in [4.78, 5) is 22.7. The number of aliphatic hydroxyl groups excluding tert-OH is 1. The largest absolute Gasteiger partial charge is 0.472 e. The molecule has 3 N–H and O–H groups in total. The molecule has 0 aliphatic heterocycles. The molecule has 238 valence electrons. The third-order valence-corrected chi connectivity index (χ3v) is 7.31. The number of quaternary nitrogens is 1. The summed E-state index contributed by atoms with van der Waals surface area (Å²) in [6.45, 7) is 4.42. The van der Waals surface area contributed by atoms with Gasteiger partial charge in [0.25, 0.3) is 0 Å². The summed E-state index contributed by atoms with van der Waals surface area (Å²) in [5, 5.41) is 13.6.